The molecule has 0 saturated carbocycles. The molecule has 1 unspecified atom stereocenters. The normalized spacial score (nSPS) is 20.3. The third-order valence-corrected chi connectivity index (χ3v) is 4.80. The molecule has 1 aromatic heterocycles. The Balaban J connectivity index is 2.20. The summed E-state index contributed by atoms with van der Waals surface area (Å²) in [7, 11) is 0. The van der Waals surface area contributed by atoms with Gasteiger partial charge in [-0.05, 0) is 53.9 Å². The van der Waals surface area contributed by atoms with Crippen LogP contribution < -0.4 is 5.32 Å². The molecule has 2 N–H and O–H groups in total. The van der Waals surface area contributed by atoms with Crippen LogP contribution in [0.5, 0.6) is 0 Å². The first kappa shape index (κ1) is 11.6. The number of fused-ring (bicyclic) bond motifs is 1. The monoisotopic (exact) mass is 312 g/mol. The molecule has 1 aliphatic heterocycles. The number of halogens is 2. The summed E-state index contributed by atoms with van der Waals surface area (Å²) in [6.45, 7) is 3.16. The van der Waals surface area contributed by atoms with Gasteiger partial charge in [-0.3, -0.25) is 0 Å². The summed E-state index contributed by atoms with van der Waals surface area (Å²) in [6.07, 6.45) is 2.43. The smallest absolute Gasteiger partial charge is 0.0512 e. The highest BCUT2D eigenvalue weighted by molar-refractivity contribution is 9.10. The fourth-order valence-corrected chi connectivity index (χ4v) is 3.40. The Morgan fingerprint density at radius 2 is 2.24 bits per heavy atom. The molecule has 2 heterocycles. The topological polar surface area (TPSA) is 27.8 Å². The minimum Gasteiger partial charge on any atom is -0.356 e. The summed E-state index contributed by atoms with van der Waals surface area (Å²) in [5.74, 6) is 0. The molecule has 0 aliphatic carbocycles. The zero-order valence-corrected chi connectivity index (χ0v) is 12.0. The summed E-state index contributed by atoms with van der Waals surface area (Å²) < 4.78 is 1.17. The van der Waals surface area contributed by atoms with Crippen molar-refractivity contribution < 1.29 is 0 Å². The van der Waals surface area contributed by atoms with E-state index >= 15 is 0 Å². The Kier molecular flexibility index (Phi) is 2.93. The quantitative estimate of drug-likeness (QED) is 0.806. The van der Waals surface area contributed by atoms with Crippen molar-refractivity contribution in [2.45, 2.75) is 25.8 Å². The number of aromatic nitrogens is 1. The number of H-pyrrole nitrogens is 1. The molecule has 3 rings (SSSR count). The Labute approximate surface area is 114 Å². The van der Waals surface area contributed by atoms with Crippen LogP contribution in [0, 0.1) is 6.92 Å². The van der Waals surface area contributed by atoms with Crippen molar-refractivity contribution in [2.75, 3.05) is 6.54 Å². The highest BCUT2D eigenvalue weighted by atomic mass is 79.9. The van der Waals surface area contributed by atoms with Gasteiger partial charge in [0.05, 0.1) is 5.52 Å². The Hall–Kier alpha value is -0.510. The van der Waals surface area contributed by atoms with Gasteiger partial charge < -0.3 is 10.3 Å². The maximum atomic E-state index is 6.16. The maximum Gasteiger partial charge on any atom is 0.0512 e. The van der Waals surface area contributed by atoms with E-state index in [0.29, 0.717) is 6.04 Å². The zero-order chi connectivity index (χ0) is 12.0. The average molecular weight is 314 g/mol. The second-order valence-electron chi connectivity index (χ2n) is 4.60. The van der Waals surface area contributed by atoms with Crippen LogP contribution in [0.3, 0.4) is 0 Å². The lowest BCUT2D eigenvalue weighted by atomic mass is 10.1. The molecule has 2 nitrogen and oxygen atoms in total. The van der Waals surface area contributed by atoms with E-state index in [2.05, 4.69) is 39.2 Å². The molecule has 0 spiro atoms. The van der Waals surface area contributed by atoms with E-state index in [9.17, 15) is 0 Å². The highest BCUT2D eigenvalue weighted by Gasteiger charge is 2.22. The van der Waals surface area contributed by atoms with E-state index in [1.165, 1.54) is 28.4 Å². The molecule has 90 valence electrons. The van der Waals surface area contributed by atoms with E-state index in [0.717, 1.165) is 22.6 Å². The Morgan fingerprint density at radius 1 is 1.41 bits per heavy atom. The molecule has 0 radical (unpaired) electrons. The van der Waals surface area contributed by atoms with E-state index in [-0.39, 0.29) is 0 Å². The number of aryl methyl sites for hydroxylation is 1. The molecule has 17 heavy (non-hydrogen) atoms. The van der Waals surface area contributed by atoms with Gasteiger partial charge in [0, 0.05) is 26.6 Å². The summed E-state index contributed by atoms with van der Waals surface area (Å²) in [5.41, 5.74) is 3.52. The number of hydrogen-bond acceptors (Lipinski definition) is 1. The molecule has 1 fully saturated rings. The molecule has 2 aromatic rings. The van der Waals surface area contributed by atoms with Gasteiger partial charge in [0.25, 0.3) is 0 Å². The third kappa shape index (κ3) is 1.81. The van der Waals surface area contributed by atoms with Crippen LogP contribution in [0.4, 0.5) is 0 Å². The Bertz CT molecular complexity index is 570. The number of aromatic amines is 1. The molecule has 1 atom stereocenters. The molecular weight excluding hydrogens is 300 g/mol. The lowest BCUT2D eigenvalue weighted by molar-refractivity contribution is 0.630. The van der Waals surface area contributed by atoms with Crippen LogP contribution in [0.1, 0.15) is 30.1 Å². The molecular formula is C13H14BrClN2. The lowest BCUT2D eigenvalue weighted by Gasteiger charge is -2.08. The van der Waals surface area contributed by atoms with Crippen molar-refractivity contribution in [3.63, 3.8) is 0 Å². The molecule has 1 aliphatic rings. The number of nitrogens with one attached hydrogen (secondary N) is 2. The molecule has 1 saturated heterocycles. The second-order valence-corrected chi connectivity index (χ2v) is 5.80. The predicted octanol–water partition coefficient (Wildman–Crippen LogP) is 4.32. The average Bonchev–Trinajstić information content (AvgIpc) is 2.92. The maximum absolute atomic E-state index is 6.16. The van der Waals surface area contributed by atoms with Crippen LogP contribution in [0.2, 0.25) is 5.02 Å². The van der Waals surface area contributed by atoms with Gasteiger partial charge in [0.2, 0.25) is 0 Å². The summed E-state index contributed by atoms with van der Waals surface area (Å²) in [6, 6.07) is 4.47. The van der Waals surface area contributed by atoms with Gasteiger partial charge in [-0.2, -0.15) is 0 Å². The summed E-state index contributed by atoms with van der Waals surface area (Å²) >= 11 is 9.86. The highest BCUT2D eigenvalue weighted by Crippen LogP contribution is 2.37. The van der Waals surface area contributed by atoms with Crippen LogP contribution in [0.15, 0.2) is 16.6 Å². The van der Waals surface area contributed by atoms with Gasteiger partial charge in [0.15, 0.2) is 0 Å². The van der Waals surface area contributed by atoms with Gasteiger partial charge >= 0.3 is 0 Å². The molecule has 0 amide bonds. The van der Waals surface area contributed by atoms with Crippen molar-refractivity contribution in [1.29, 1.82) is 0 Å². The summed E-state index contributed by atoms with van der Waals surface area (Å²) in [5, 5.41) is 5.55. The standard InChI is InChI=1S/C13H14BrClN2/c1-7-9(15)5-4-8-11(14)13(17-12(7)8)10-3-2-6-16-10/h4-5,10,16-17H,2-3,6H2,1H3. The Morgan fingerprint density at radius 3 is 2.94 bits per heavy atom. The van der Waals surface area contributed by atoms with Crippen molar-refractivity contribution in [1.82, 2.24) is 10.3 Å². The van der Waals surface area contributed by atoms with Gasteiger partial charge in [-0.15, -0.1) is 0 Å². The fraction of sp³-hybridized carbons (Fsp3) is 0.385. The number of hydrogen-bond donors (Lipinski definition) is 2. The van der Waals surface area contributed by atoms with Gasteiger partial charge in [0.1, 0.15) is 0 Å². The van der Waals surface area contributed by atoms with Crippen molar-refractivity contribution >= 4 is 38.4 Å². The van der Waals surface area contributed by atoms with Crippen molar-refractivity contribution in [3.05, 3.63) is 32.9 Å². The van der Waals surface area contributed by atoms with Crippen molar-refractivity contribution in [3.8, 4) is 0 Å². The van der Waals surface area contributed by atoms with Crippen molar-refractivity contribution in [2.24, 2.45) is 0 Å². The first-order valence-corrected chi connectivity index (χ1v) is 7.05. The largest absolute Gasteiger partial charge is 0.356 e. The van der Waals surface area contributed by atoms with Gasteiger partial charge in [-0.25, -0.2) is 0 Å². The number of rotatable bonds is 1. The van der Waals surface area contributed by atoms with Crippen LogP contribution >= 0.6 is 27.5 Å². The van der Waals surface area contributed by atoms with Gasteiger partial charge in [-0.1, -0.05) is 17.7 Å². The SMILES string of the molecule is Cc1c(Cl)ccc2c(Br)c(C3CCCN3)[nH]c12. The van der Waals surface area contributed by atoms with Crippen LogP contribution in [0.25, 0.3) is 10.9 Å². The lowest BCUT2D eigenvalue weighted by Crippen LogP contribution is -2.13. The van der Waals surface area contributed by atoms with E-state index in [1.807, 2.05) is 6.07 Å². The van der Waals surface area contributed by atoms with E-state index < -0.39 is 0 Å². The first-order valence-electron chi connectivity index (χ1n) is 5.88. The molecule has 4 heteroatoms. The van der Waals surface area contributed by atoms with Crippen LogP contribution in [-0.4, -0.2) is 11.5 Å². The first-order chi connectivity index (χ1) is 8.18. The van der Waals surface area contributed by atoms with E-state index in [1.54, 1.807) is 0 Å². The predicted molar refractivity (Wildman–Crippen MR) is 75.7 cm³/mol. The second kappa shape index (κ2) is 4.30. The minimum absolute atomic E-state index is 0.440. The fourth-order valence-electron chi connectivity index (χ4n) is 2.54. The van der Waals surface area contributed by atoms with Crippen LogP contribution in [-0.2, 0) is 0 Å². The number of benzene rings is 1. The molecule has 1 aromatic carbocycles. The minimum atomic E-state index is 0.440. The van der Waals surface area contributed by atoms with E-state index in [4.69, 9.17) is 11.6 Å². The summed E-state index contributed by atoms with van der Waals surface area (Å²) in [4.78, 5) is 3.52. The zero-order valence-electron chi connectivity index (χ0n) is 9.61. The molecule has 0 bridgehead atoms. The third-order valence-electron chi connectivity index (χ3n) is 3.54.